The lowest BCUT2D eigenvalue weighted by atomic mass is 9.91. The minimum absolute atomic E-state index is 0.0382. The van der Waals surface area contributed by atoms with E-state index in [9.17, 15) is 19.8 Å². The third kappa shape index (κ3) is 9.30. The number of guanidine groups is 1. The summed E-state index contributed by atoms with van der Waals surface area (Å²) in [6, 6.07) is 1.96. The molecule has 0 saturated carbocycles. The number of benzene rings is 1. The molecule has 2 aliphatic rings. The number of ether oxygens (including phenoxy) is 2. The number of carbonyl (C=O) groups excluding carboxylic acids is 2. The zero-order chi connectivity index (χ0) is 28.4. The third-order valence-electron chi connectivity index (χ3n) is 7.58. The number of carbonyl (C=O) groups is 2. The van der Waals surface area contributed by atoms with Gasteiger partial charge in [0.25, 0.3) is 0 Å². The predicted molar refractivity (Wildman–Crippen MR) is 149 cm³/mol. The Morgan fingerprint density at radius 2 is 2.08 bits per heavy atom. The lowest BCUT2D eigenvalue weighted by molar-refractivity contribution is -0.148. The highest BCUT2D eigenvalue weighted by Crippen LogP contribution is 2.41. The summed E-state index contributed by atoms with van der Waals surface area (Å²) in [4.78, 5) is 30.3. The number of esters is 1. The number of aromatic hydroxyl groups is 1. The van der Waals surface area contributed by atoms with Crippen molar-refractivity contribution in [1.82, 2.24) is 4.90 Å². The van der Waals surface area contributed by atoms with Gasteiger partial charge in [-0.05, 0) is 56.1 Å². The average Bonchev–Trinajstić information content (AvgIpc) is 3.23. The largest absolute Gasteiger partial charge is 0.504 e. The van der Waals surface area contributed by atoms with Crippen molar-refractivity contribution in [3.63, 3.8) is 0 Å². The third-order valence-corrected chi connectivity index (χ3v) is 7.58. The molecule has 1 aromatic rings. The van der Waals surface area contributed by atoms with Gasteiger partial charge in [-0.15, -0.1) is 0 Å². The van der Waals surface area contributed by atoms with Crippen molar-refractivity contribution in [3.8, 4) is 11.5 Å². The minimum atomic E-state index is -0.519. The Morgan fingerprint density at radius 3 is 2.79 bits per heavy atom. The van der Waals surface area contributed by atoms with E-state index in [2.05, 4.69) is 11.9 Å². The number of nitrogens with zero attached hydrogens (tertiary/aromatic N) is 2. The molecule has 1 fully saturated rings. The smallest absolute Gasteiger partial charge is 0.302 e. The van der Waals surface area contributed by atoms with Crippen LogP contribution in [-0.2, 0) is 33.7 Å². The summed E-state index contributed by atoms with van der Waals surface area (Å²) in [5, 5.41) is 21.6. The number of likely N-dealkylation sites (tertiary alicyclic amines) is 1. The first kappa shape index (κ1) is 30.5. The first-order chi connectivity index (χ1) is 18.7. The van der Waals surface area contributed by atoms with Crippen LogP contribution < -0.4 is 16.2 Å². The molecule has 0 aliphatic carbocycles. The van der Waals surface area contributed by atoms with Crippen molar-refractivity contribution in [2.45, 2.75) is 103 Å². The van der Waals surface area contributed by atoms with Crippen LogP contribution in [0.1, 0.15) is 88.3 Å². The molecule has 218 valence electrons. The molecular formula is C29H46N4O6. The van der Waals surface area contributed by atoms with Gasteiger partial charge in [0.2, 0.25) is 5.91 Å². The second-order valence-electron chi connectivity index (χ2n) is 10.9. The number of aliphatic hydroxyl groups is 1. The molecule has 3 rings (SSSR count). The van der Waals surface area contributed by atoms with Crippen LogP contribution in [0.25, 0.3) is 0 Å². The fourth-order valence-corrected chi connectivity index (χ4v) is 5.61. The molecular weight excluding hydrogens is 500 g/mol. The highest BCUT2D eigenvalue weighted by atomic mass is 16.5. The van der Waals surface area contributed by atoms with E-state index in [0.29, 0.717) is 69.5 Å². The molecule has 6 N–H and O–H groups in total. The fourth-order valence-electron chi connectivity index (χ4n) is 5.61. The molecule has 10 nitrogen and oxygen atoms in total. The quantitative estimate of drug-likeness (QED) is 0.113. The fraction of sp³-hybridized carbons (Fsp3) is 0.690. The van der Waals surface area contributed by atoms with Crippen LogP contribution in [0.4, 0.5) is 0 Å². The van der Waals surface area contributed by atoms with Gasteiger partial charge in [-0.25, -0.2) is 0 Å². The van der Waals surface area contributed by atoms with E-state index in [-0.39, 0.29) is 36.0 Å². The molecule has 1 amide bonds. The predicted octanol–water partition coefficient (Wildman–Crippen LogP) is 2.92. The molecule has 39 heavy (non-hydrogen) atoms. The Labute approximate surface area is 231 Å². The SMILES string of the molecule is CCCCC[C@H](O)C[C@@H](CCc1cc(CN2C[C@@H](CCN=C(N)N)CC2=O)c(O)c2c1CCCO2)OC(C)=O. The number of hydrogen-bond acceptors (Lipinski definition) is 7. The number of phenolic OH excluding ortho intramolecular Hbond substituents is 1. The van der Waals surface area contributed by atoms with Crippen molar-refractivity contribution in [2.24, 2.45) is 22.4 Å². The number of aryl methyl sites for hydroxylation is 1. The maximum absolute atomic E-state index is 12.7. The van der Waals surface area contributed by atoms with Gasteiger partial charge >= 0.3 is 5.97 Å². The van der Waals surface area contributed by atoms with Gasteiger partial charge in [0.15, 0.2) is 17.5 Å². The summed E-state index contributed by atoms with van der Waals surface area (Å²) in [5.74, 6) is 0.464. The monoisotopic (exact) mass is 546 g/mol. The molecule has 0 spiro atoms. The van der Waals surface area contributed by atoms with Crippen LogP contribution in [0.15, 0.2) is 11.1 Å². The van der Waals surface area contributed by atoms with Gasteiger partial charge in [-0.1, -0.05) is 26.2 Å². The summed E-state index contributed by atoms with van der Waals surface area (Å²) < 4.78 is 11.5. The highest BCUT2D eigenvalue weighted by molar-refractivity contribution is 5.79. The average molecular weight is 547 g/mol. The van der Waals surface area contributed by atoms with Crippen LogP contribution in [0.3, 0.4) is 0 Å². The molecule has 10 heteroatoms. The van der Waals surface area contributed by atoms with Gasteiger partial charge in [0.05, 0.1) is 12.7 Å². The van der Waals surface area contributed by atoms with Crippen LogP contribution >= 0.6 is 0 Å². The minimum Gasteiger partial charge on any atom is -0.504 e. The van der Waals surface area contributed by atoms with Gasteiger partial charge in [-0.2, -0.15) is 0 Å². The van der Waals surface area contributed by atoms with Crippen molar-refractivity contribution >= 4 is 17.8 Å². The van der Waals surface area contributed by atoms with E-state index in [4.69, 9.17) is 20.9 Å². The molecule has 2 heterocycles. The van der Waals surface area contributed by atoms with E-state index in [1.54, 1.807) is 4.90 Å². The Bertz CT molecular complexity index is 1010. The van der Waals surface area contributed by atoms with Gasteiger partial charge < -0.3 is 36.1 Å². The van der Waals surface area contributed by atoms with Crippen LogP contribution in [0.5, 0.6) is 11.5 Å². The summed E-state index contributed by atoms with van der Waals surface area (Å²) >= 11 is 0. The number of fused-ring (bicyclic) bond motifs is 1. The standard InChI is InChI=1S/C29H46N4O6/c1-3-4-5-7-23(35)16-24(39-19(2)34)10-9-21-15-22(27(37)28-25(21)8-6-13-38-28)18-33-17-20(14-26(33)36)11-12-32-29(30)31/h15,20,23-24,35,37H,3-14,16-18H2,1-2H3,(H4,30,31,32)/t20-,23-,24+/m0/s1. The first-order valence-corrected chi connectivity index (χ1v) is 14.4. The molecule has 1 saturated heterocycles. The number of rotatable bonds is 15. The van der Waals surface area contributed by atoms with Crippen molar-refractivity contribution in [2.75, 3.05) is 19.7 Å². The normalized spacial score (nSPS) is 18.3. The number of aliphatic imine (C=N–C) groups is 1. The van der Waals surface area contributed by atoms with Crippen LogP contribution in [-0.4, -0.2) is 64.9 Å². The second-order valence-corrected chi connectivity index (χ2v) is 10.9. The van der Waals surface area contributed by atoms with Crippen LogP contribution in [0, 0.1) is 5.92 Å². The molecule has 1 aromatic carbocycles. The summed E-state index contributed by atoms with van der Waals surface area (Å²) in [7, 11) is 0. The summed E-state index contributed by atoms with van der Waals surface area (Å²) in [6.45, 7) is 5.39. The van der Waals surface area contributed by atoms with Gasteiger partial charge in [0, 0.05) is 50.5 Å². The molecule has 0 aromatic heterocycles. The maximum atomic E-state index is 12.7. The van der Waals surface area contributed by atoms with E-state index in [1.165, 1.54) is 6.92 Å². The van der Waals surface area contributed by atoms with Crippen molar-refractivity contribution < 1.29 is 29.3 Å². The topological polar surface area (TPSA) is 161 Å². The lowest BCUT2D eigenvalue weighted by Crippen LogP contribution is -2.26. The Hall–Kier alpha value is -3.01. The van der Waals surface area contributed by atoms with E-state index in [1.807, 2.05) is 6.07 Å². The number of hydrogen-bond donors (Lipinski definition) is 4. The highest BCUT2D eigenvalue weighted by Gasteiger charge is 2.31. The number of unbranched alkanes of at least 4 members (excludes halogenated alkanes) is 2. The van der Waals surface area contributed by atoms with Gasteiger partial charge in [-0.3, -0.25) is 14.6 Å². The molecule has 0 unspecified atom stereocenters. The van der Waals surface area contributed by atoms with Crippen LogP contribution in [0.2, 0.25) is 0 Å². The van der Waals surface area contributed by atoms with E-state index >= 15 is 0 Å². The molecule has 0 bridgehead atoms. The number of amides is 1. The number of phenols is 1. The second kappa shape index (κ2) is 15.0. The molecule has 2 aliphatic heterocycles. The first-order valence-electron chi connectivity index (χ1n) is 14.4. The van der Waals surface area contributed by atoms with Crippen molar-refractivity contribution in [3.05, 3.63) is 22.8 Å². The summed E-state index contributed by atoms with van der Waals surface area (Å²) in [6.07, 6.45) is 7.20. The molecule has 3 atom stereocenters. The summed E-state index contributed by atoms with van der Waals surface area (Å²) in [5.41, 5.74) is 13.5. The van der Waals surface area contributed by atoms with E-state index < -0.39 is 12.2 Å². The van der Waals surface area contributed by atoms with Crippen molar-refractivity contribution in [1.29, 1.82) is 0 Å². The van der Waals surface area contributed by atoms with E-state index in [0.717, 1.165) is 43.2 Å². The number of nitrogens with two attached hydrogens (primary N) is 2. The molecule has 0 radical (unpaired) electrons. The Morgan fingerprint density at radius 1 is 1.28 bits per heavy atom. The van der Waals surface area contributed by atoms with Gasteiger partial charge in [0.1, 0.15) is 6.10 Å². The number of aliphatic hydroxyl groups excluding tert-OH is 1. The zero-order valence-electron chi connectivity index (χ0n) is 23.5. The maximum Gasteiger partial charge on any atom is 0.302 e. The zero-order valence-corrected chi connectivity index (χ0v) is 23.5. The Balaban J connectivity index is 1.72. The lowest BCUT2D eigenvalue weighted by Gasteiger charge is -2.26. The Kier molecular flexibility index (Phi) is 11.7.